The molecule has 4 aromatic rings. The maximum absolute atomic E-state index is 12.8. The van der Waals surface area contributed by atoms with Crippen LogP contribution in [-0.4, -0.2) is 29.1 Å². The van der Waals surface area contributed by atoms with Crippen molar-refractivity contribution in [1.82, 2.24) is 4.57 Å². The molecule has 29 heavy (non-hydrogen) atoms. The fourth-order valence-corrected chi connectivity index (χ4v) is 4.16. The summed E-state index contributed by atoms with van der Waals surface area (Å²) >= 11 is 1.32. The molecule has 1 amide bonds. The van der Waals surface area contributed by atoms with Gasteiger partial charge in [-0.3, -0.25) is 14.9 Å². The quantitative estimate of drug-likeness (QED) is 0.367. The normalized spacial score (nSPS) is 12.0. The molecule has 1 aromatic heterocycles. The van der Waals surface area contributed by atoms with Crippen LogP contribution in [-0.2, 0) is 11.3 Å². The first kappa shape index (κ1) is 19.0. The highest BCUT2D eigenvalue weighted by molar-refractivity contribution is 7.16. The lowest BCUT2D eigenvalue weighted by Gasteiger charge is -2.04. The third-order valence-corrected chi connectivity index (χ3v) is 5.65. The number of hydrogen-bond donors (Lipinski definition) is 0. The monoisotopic (exact) mass is 407 g/mol. The highest BCUT2D eigenvalue weighted by atomic mass is 32.1. The van der Waals surface area contributed by atoms with Crippen molar-refractivity contribution in [1.29, 1.82) is 0 Å². The van der Waals surface area contributed by atoms with E-state index in [1.165, 1.54) is 23.5 Å². The first-order chi connectivity index (χ1) is 14.1. The Kier molecular flexibility index (Phi) is 5.20. The summed E-state index contributed by atoms with van der Waals surface area (Å²) in [7, 11) is 1.58. The van der Waals surface area contributed by atoms with Gasteiger partial charge in [-0.1, -0.05) is 41.7 Å². The first-order valence-electron chi connectivity index (χ1n) is 8.91. The van der Waals surface area contributed by atoms with Gasteiger partial charge in [-0.05, 0) is 29.0 Å². The number of carbonyl (C=O) groups excluding carboxylic acids is 1. The molecule has 0 aliphatic heterocycles. The number of nitro benzene ring substituents is 1. The van der Waals surface area contributed by atoms with Gasteiger partial charge in [0.05, 0.1) is 21.7 Å². The molecule has 0 aliphatic rings. The third kappa shape index (κ3) is 3.80. The summed E-state index contributed by atoms with van der Waals surface area (Å²) in [5.41, 5.74) is 1.14. The van der Waals surface area contributed by atoms with Gasteiger partial charge >= 0.3 is 0 Å². The Hall–Kier alpha value is -3.36. The van der Waals surface area contributed by atoms with E-state index in [9.17, 15) is 14.9 Å². The van der Waals surface area contributed by atoms with Gasteiger partial charge in [0.2, 0.25) is 0 Å². The van der Waals surface area contributed by atoms with E-state index in [1.807, 2.05) is 36.4 Å². The van der Waals surface area contributed by atoms with Gasteiger partial charge in [0.15, 0.2) is 4.80 Å². The average Bonchev–Trinajstić information content (AvgIpc) is 3.07. The molecule has 0 spiro atoms. The van der Waals surface area contributed by atoms with Crippen LogP contribution in [0.2, 0.25) is 0 Å². The summed E-state index contributed by atoms with van der Waals surface area (Å²) in [5.74, 6) is -0.358. The van der Waals surface area contributed by atoms with E-state index in [4.69, 9.17) is 4.74 Å². The van der Waals surface area contributed by atoms with Gasteiger partial charge in [0.1, 0.15) is 0 Å². The number of methoxy groups -OCH3 is 1. The molecule has 8 heteroatoms. The molecule has 146 valence electrons. The van der Waals surface area contributed by atoms with Crippen LogP contribution in [0, 0.1) is 10.1 Å². The number of ether oxygens (including phenoxy) is 1. The SMILES string of the molecule is COCCn1c(=NC(=O)c2ccc3ccccc3c2)sc2ccc([N+](=O)[O-])cc21. The van der Waals surface area contributed by atoms with Crippen molar-refractivity contribution in [2.24, 2.45) is 4.99 Å². The minimum absolute atomic E-state index is 0.00567. The number of rotatable bonds is 5. The smallest absolute Gasteiger partial charge is 0.279 e. The highest BCUT2D eigenvalue weighted by Crippen LogP contribution is 2.23. The summed E-state index contributed by atoms with van der Waals surface area (Å²) in [6.07, 6.45) is 0. The van der Waals surface area contributed by atoms with Gasteiger partial charge in [-0.15, -0.1) is 0 Å². The minimum atomic E-state index is -0.436. The van der Waals surface area contributed by atoms with Gasteiger partial charge in [-0.2, -0.15) is 4.99 Å². The number of aromatic nitrogens is 1. The van der Waals surface area contributed by atoms with Crippen molar-refractivity contribution in [2.45, 2.75) is 6.54 Å². The maximum atomic E-state index is 12.8. The Labute approximate surface area is 169 Å². The van der Waals surface area contributed by atoms with Crippen LogP contribution < -0.4 is 4.80 Å². The number of thiazole rings is 1. The predicted octanol–water partition coefficient (Wildman–Crippen LogP) is 4.15. The zero-order valence-corrected chi connectivity index (χ0v) is 16.4. The highest BCUT2D eigenvalue weighted by Gasteiger charge is 2.13. The van der Waals surface area contributed by atoms with Crippen LogP contribution in [0.4, 0.5) is 5.69 Å². The standard InChI is InChI=1S/C21H17N3O4S/c1-28-11-10-23-18-13-17(24(26)27)8-9-19(18)29-21(23)22-20(25)16-7-6-14-4-2-3-5-15(14)12-16/h2-9,12-13H,10-11H2,1H3. The second-order valence-electron chi connectivity index (χ2n) is 6.42. The predicted molar refractivity (Wildman–Crippen MR) is 112 cm³/mol. The van der Waals surface area contributed by atoms with Crippen molar-refractivity contribution >= 4 is 43.9 Å². The fourth-order valence-electron chi connectivity index (χ4n) is 3.13. The summed E-state index contributed by atoms with van der Waals surface area (Å²) in [4.78, 5) is 28.3. The molecule has 1 heterocycles. The zero-order valence-electron chi connectivity index (χ0n) is 15.6. The van der Waals surface area contributed by atoms with Crippen molar-refractivity contribution in [3.63, 3.8) is 0 Å². The van der Waals surface area contributed by atoms with Gasteiger partial charge in [-0.25, -0.2) is 0 Å². The van der Waals surface area contributed by atoms with Crippen molar-refractivity contribution in [3.8, 4) is 0 Å². The number of carbonyl (C=O) groups is 1. The second-order valence-corrected chi connectivity index (χ2v) is 7.43. The van der Waals surface area contributed by atoms with Crippen LogP contribution in [0.15, 0.2) is 65.7 Å². The van der Waals surface area contributed by atoms with Gasteiger partial charge in [0, 0.05) is 31.4 Å². The lowest BCUT2D eigenvalue weighted by Crippen LogP contribution is -2.19. The largest absolute Gasteiger partial charge is 0.383 e. The number of amides is 1. The molecular weight excluding hydrogens is 390 g/mol. The van der Waals surface area contributed by atoms with E-state index in [2.05, 4.69) is 4.99 Å². The Morgan fingerprint density at radius 2 is 1.93 bits per heavy atom. The number of nitro groups is 1. The third-order valence-electron chi connectivity index (χ3n) is 4.59. The molecule has 3 aromatic carbocycles. The molecule has 0 aliphatic carbocycles. The van der Waals surface area contributed by atoms with Crippen LogP contribution in [0.3, 0.4) is 0 Å². The lowest BCUT2D eigenvalue weighted by atomic mass is 10.1. The average molecular weight is 407 g/mol. The van der Waals surface area contributed by atoms with E-state index in [0.29, 0.717) is 29.0 Å². The maximum Gasteiger partial charge on any atom is 0.279 e. The van der Waals surface area contributed by atoms with Gasteiger partial charge in [0.25, 0.3) is 11.6 Å². The Bertz CT molecular complexity index is 1310. The number of non-ortho nitro benzene ring substituents is 1. The van der Waals surface area contributed by atoms with E-state index >= 15 is 0 Å². The summed E-state index contributed by atoms with van der Waals surface area (Å²) in [5, 5.41) is 13.2. The van der Waals surface area contributed by atoms with E-state index in [1.54, 1.807) is 23.8 Å². The molecule has 7 nitrogen and oxygen atoms in total. The van der Waals surface area contributed by atoms with Crippen LogP contribution in [0.25, 0.3) is 21.0 Å². The second kappa shape index (κ2) is 7.94. The molecular formula is C21H17N3O4S. The molecule has 0 saturated carbocycles. The molecule has 0 unspecified atom stereocenters. The Morgan fingerprint density at radius 1 is 1.14 bits per heavy atom. The molecule has 0 saturated heterocycles. The Balaban J connectivity index is 1.82. The Morgan fingerprint density at radius 3 is 2.69 bits per heavy atom. The van der Waals surface area contributed by atoms with Crippen molar-refractivity contribution in [3.05, 3.63) is 81.1 Å². The summed E-state index contributed by atoms with van der Waals surface area (Å²) in [6.45, 7) is 0.827. The van der Waals surface area contributed by atoms with E-state index in [-0.39, 0.29) is 11.6 Å². The van der Waals surface area contributed by atoms with Crippen molar-refractivity contribution < 1.29 is 14.5 Å². The summed E-state index contributed by atoms with van der Waals surface area (Å²) < 4.78 is 7.76. The molecule has 0 fully saturated rings. The lowest BCUT2D eigenvalue weighted by molar-refractivity contribution is -0.384. The number of fused-ring (bicyclic) bond motifs is 2. The van der Waals surface area contributed by atoms with Crippen LogP contribution in [0.5, 0.6) is 0 Å². The molecule has 0 bridgehead atoms. The van der Waals surface area contributed by atoms with E-state index in [0.717, 1.165) is 15.5 Å². The molecule has 0 atom stereocenters. The zero-order chi connectivity index (χ0) is 20.4. The van der Waals surface area contributed by atoms with Crippen molar-refractivity contribution in [2.75, 3.05) is 13.7 Å². The molecule has 4 rings (SSSR count). The van der Waals surface area contributed by atoms with Crippen LogP contribution in [0.1, 0.15) is 10.4 Å². The minimum Gasteiger partial charge on any atom is -0.383 e. The van der Waals surface area contributed by atoms with E-state index < -0.39 is 4.92 Å². The molecule has 0 N–H and O–H groups in total. The number of benzene rings is 3. The first-order valence-corrected chi connectivity index (χ1v) is 9.73. The number of nitrogens with zero attached hydrogens (tertiary/aromatic N) is 3. The topological polar surface area (TPSA) is 86.7 Å². The fraction of sp³-hybridized carbons (Fsp3) is 0.143. The van der Waals surface area contributed by atoms with Gasteiger partial charge < -0.3 is 9.30 Å². The summed E-state index contributed by atoms with van der Waals surface area (Å²) in [6, 6.07) is 17.9. The number of hydrogen-bond acceptors (Lipinski definition) is 5. The van der Waals surface area contributed by atoms with Crippen LogP contribution >= 0.6 is 11.3 Å². The molecule has 0 radical (unpaired) electrons.